The Morgan fingerprint density at radius 1 is 0.944 bits per heavy atom. The van der Waals surface area contributed by atoms with Crippen LogP contribution in [-0.4, -0.2) is 10.7 Å². The molecule has 4 aliphatic rings. The van der Waals surface area contributed by atoms with Gasteiger partial charge in [-0.1, -0.05) is 0 Å². The summed E-state index contributed by atoms with van der Waals surface area (Å²) in [5.74, 6) is 1.84. The standard InChI is InChI=1S/C14H26N3P/c15-18(16,14-7-3-12(10-14)4-8-14)17-13-5-1-11(9-13)2-6-13/h11-12H,1-10H2,(H4,15,16,17). The van der Waals surface area contributed by atoms with Gasteiger partial charge in [-0.15, -0.1) is 0 Å². The van der Waals surface area contributed by atoms with Crippen molar-refractivity contribution in [3.05, 3.63) is 0 Å². The minimum absolute atomic E-state index is 0.201. The number of nitrogens with one attached hydrogen (secondary N) is 2. The Balaban J connectivity index is 1.58. The maximum atomic E-state index is 8.89. The van der Waals surface area contributed by atoms with Crippen LogP contribution < -0.4 is 10.6 Å². The molecule has 1 atom stereocenters. The fraction of sp³-hybridized carbons (Fsp3) is 1.00. The Hall–Kier alpha value is 0.150. The van der Waals surface area contributed by atoms with Gasteiger partial charge in [-0.2, -0.15) is 0 Å². The molecule has 1 unspecified atom stereocenters. The molecule has 0 aliphatic heterocycles. The first kappa shape index (κ1) is 11.9. The van der Waals surface area contributed by atoms with E-state index in [2.05, 4.69) is 5.09 Å². The molecule has 3 nitrogen and oxygen atoms in total. The molecule has 4 aliphatic carbocycles. The molecule has 4 bridgehead atoms. The van der Waals surface area contributed by atoms with E-state index in [1.165, 1.54) is 64.2 Å². The second-order valence-corrected chi connectivity index (χ2v) is 10.3. The van der Waals surface area contributed by atoms with E-state index in [0.29, 0.717) is 0 Å². The van der Waals surface area contributed by atoms with E-state index in [1.54, 1.807) is 0 Å². The molecule has 4 rings (SSSR count). The van der Waals surface area contributed by atoms with Gasteiger partial charge >= 0.3 is 0 Å². The second kappa shape index (κ2) is 3.62. The highest BCUT2D eigenvalue weighted by molar-refractivity contribution is 7.62. The van der Waals surface area contributed by atoms with Gasteiger partial charge < -0.3 is 0 Å². The summed E-state index contributed by atoms with van der Waals surface area (Å²) in [5.41, 5.74) is 6.90. The van der Waals surface area contributed by atoms with E-state index in [1.807, 2.05) is 0 Å². The Morgan fingerprint density at radius 3 is 1.94 bits per heavy atom. The third-order valence-electron chi connectivity index (χ3n) is 6.61. The third kappa shape index (κ3) is 1.53. The van der Waals surface area contributed by atoms with E-state index < -0.39 is 7.36 Å². The summed E-state index contributed by atoms with van der Waals surface area (Å²) in [4.78, 5) is 0. The monoisotopic (exact) mass is 267 g/mol. The van der Waals surface area contributed by atoms with Crippen LogP contribution in [0.2, 0.25) is 0 Å². The molecule has 0 radical (unpaired) electrons. The molecular formula is C14H26N3P. The van der Waals surface area contributed by atoms with Crippen molar-refractivity contribution in [3.8, 4) is 0 Å². The van der Waals surface area contributed by atoms with Gasteiger partial charge in [0.25, 0.3) is 0 Å². The highest BCUT2D eigenvalue weighted by atomic mass is 31.2. The van der Waals surface area contributed by atoms with Crippen LogP contribution in [-0.2, 0) is 0 Å². The largest absolute Gasteiger partial charge is 0.289 e. The molecule has 102 valence electrons. The summed E-state index contributed by atoms with van der Waals surface area (Å²) in [6, 6.07) is 0. The summed E-state index contributed by atoms with van der Waals surface area (Å²) in [6.07, 6.45) is 13.0. The summed E-state index contributed by atoms with van der Waals surface area (Å²) in [5, 5.41) is 12.9. The zero-order chi connectivity index (χ0) is 12.4. The summed E-state index contributed by atoms with van der Waals surface area (Å²) in [7, 11) is -2.18. The molecule has 4 N–H and O–H groups in total. The Morgan fingerprint density at radius 2 is 1.50 bits per heavy atom. The molecule has 0 aromatic heterocycles. The van der Waals surface area contributed by atoms with Crippen LogP contribution in [0.3, 0.4) is 0 Å². The lowest BCUT2D eigenvalue weighted by molar-refractivity contribution is 0.380. The Labute approximate surface area is 110 Å². The van der Waals surface area contributed by atoms with Gasteiger partial charge in [0.15, 0.2) is 0 Å². The SMILES string of the molecule is N=P(N)(NC12CCC(CC1)C2)C12CCC(CC1)C2. The first-order chi connectivity index (χ1) is 8.53. The van der Waals surface area contributed by atoms with Crippen molar-refractivity contribution in [2.24, 2.45) is 17.3 Å². The van der Waals surface area contributed by atoms with Crippen LogP contribution in [0.1, 0.15) is 64.2 Å². The average molecular weight is 267 g/mol. The van der Waals surface area contributed by atoms with E-state index in [0.717, 1.165) is 11.8 Å². The van der Waals surface area contributed by atoms with Crippen molar-refractivity contribution in [2.75, 3.05) is 0 Å². The number of rotatable bonds is 3. The quantitative estimate of drug-likeness (QED) is 0.681. The molecule has 0 saturated heterocycles. The number of hydrogen-bond donors (Lipinski definition) is 3. The van der Waals surface area contributed by atoms with E-state index in [4.69, 9.17) is 10.7 Å². The zero-order valence-electron chi connectivity index (χ0n) is 11.3. The predicted octanol–water partition coefficient (Wildman–Crippen LogP) is 3.81. The predicted molar refractivity (Wildman–Crippen MR) is 75.6 cm³/mol. The first-order valence-electron chi connectivity index (χ1n) is 7.75. The van der Waals surface area contributed by atoms with Crippen LogP contribution >= 0.6 is 7.36 Å². The first-order valence-corrected chi connectivity index (χ1v) is 9.61. The highest BCUT2D eigenvalue weighted by Crippen LogP contribution is 2.67. The number of fused-ring (bicyclic) bond motifs is 4. The zero-order valence-corrected chi connectivity index (χ0v) is 12.1. The Kier molecular flexibility index (Phi) is 2.40. The van der Waals surface area contributed by atoms with Crippen molar-refractivity contribution in [1.29, 1.82) is 5.16 Å². The van der Waals surface area contributed by atoms with Gasteiger partial charge in [0.1, 0.15) is 0 Å². The summed E-state index contributed by atoms with van der Waals surface area (Å²) < 4.78 is 0. The van der Waals surface area contributed by atoms with Gasteiger partial charge in [0, 0.05) is 10.7 Å². The molecular weight excluding hydrogens is 241 g/mol. The molecule has 4 heteroatoms. The fourth-order valence-electron chi connectivity index (χ4n) is 5.50. The maximum absolute atomic E-state index is 8.89. The van der Waals surface area contributed by atoms with Crippen molar-refractivity contribution in [1.82, 2.24) is 5.09 Å². The van der Waals surface area contributed by atoms with Crippen LogP contribution in [0, 0.1) is 17.0 Å². The van der Waals surface area contributed by atoms with Gasteiger partial charge in [0.2, 0.25) is 0 Å². The lowest BCUT2D eigenvalue weighted by atomic mass is 9.95. The van der Waals surface area contributed by atoms with Crippen LogP contribution in [0.25, 0.3) is 0 Å². The van der Waals surface area contributed by atoms with Gasteiger partial charge in [-0.25, -0.2) is 0 Å². The van der Waals surface area contributed by atoms with E-state index in [-0.39, 0.29) is 10.7 Å². The lowest BCUT2D eigenvalue weighted by Crippen LogP contribution is -2.46. The van der Waals surface area contributed by atoms with Crippen molar-refractivity contribution >= 4 is 7.36 Å². The lowest BCUT2D eigenvalue weighted by Gasteiger charge is -2.43. The third-order valence-corrected chi connectivity index (χ3v) is 9.56. The molecule has 0 amide bonds. The molecule has 0 aromatic rings. The van der Waals surface area contributed by atoms with Gasteiger partial charge in [-0.05, 0) is 76.0 Å². The van der Waals surface area contributed by atoms with E-state index in [9.17, 15) is 0 Å². The van der Waals surface area contributed by atoms with E-state index >= 15 is 0 Å². The minimum Gasteiger partial charge on any atom is -0.289 e. The highest BCUT2D eigenvalue weighted by Gasteiger charge is 2.55. The smallest absolute Gasteiger partial charge is 0.0925 e. The molecule has 0 spiro atoms. The minimum atomic E-state index is -2.18. The topological polar surface area (TPSA) is 61.9 Å². The molecule has 18 heavy (non-hydrogen) atoms. The average Bonchev–Trinajstić information content (AvgIpc) is 3.08. The van der Waals surface area contributed by atoms with Crippen LogP contribution in [0.15, 0.2) is 0 Å². The fourth-order valence-corrected chi connectivity index (χ4v) is 8.31. The molecule has 0 aromatic carbocycles. The van der Waals surface area contributed by atoms with Gasteiger partial charge in [0.05, 0.1) is 7.36 Å². The Bertz CT molecular complexity index is 403. The van der Waals surface area contributed by atoms with Crippen LogP contribution in [0.4, 0.5) is 0 Å². The van der Waals surface area contributed by atoms with Crippen molar-refractivity contribution in [3.63, 3.8) is 0 Å². The molecule has 4 fully saturated rings. The van der Waals surface area contributed by atoms with Crippen LogP contribution in [0.5, 0.6) is 0 Å². The summed E-state index contributed by atoms with van der Waals surface area (Å²) in [6.45, 7) is 0. The number of hydrogen-bond acceptors (Lipinski definition) is 1. The maximum Gasteiger partial charge on any atom is 0.0925 e. The number of nitrogens with two attached hydrogens (primary N) is 1. The van der Waals surface area contributed by atoms with Crippen molar-refractivity contribution < 1.29 is 0 Å². The second-order valence-electron chi connectivity index (χ2n) is 7.63. The molecule has 0 heterocycles. The molecule has 4 saturated carbocycles. The van der Waals surface area contributed by atoms with Crippen molar-refractivity contribution in [2.45, 2.75) is 74.9 Å². The van der Waals surface area contributed by atoms with Gasteiger partial charge in [-0.3, -0.25) is 15.8 Å². The summed E-state index contributed by atoms with van der Waals surface area (Å²) >= 11 is 0. The normalized spacial score (nSPS) is 52.9.